The Bertz CT molecular complexity index is 977. The van der Waals surface area contributed by atoms with E-state index in [1.165, 1.54) is 44.2 Å². The number of carbonyl (C=O) groups is 1. The number of hydrogen-bond acceptors (Lipinski definition) is 4. The molecule has 1 aliphatic rings. The van der Waals surface area contributed by atoms with Gasteiger partial charge in [-0.15, -0.1) is 0 Å². The lowest BCUT2D eigenvalue weighted by Crippen LogP contribution is -2.41. The van der Waals surface area contributed by atoms with Gasteiger partial charge in [-0.25, -0.2) is 17.2 Å². The number of sulfonamides is 1. The van der Waals surface area contributed by atoms with Crippen molar-refractivity contribution < 1.29 is 22.0 Å². The van der Waals surface area contributed by atoms with Crippen LogP contribution in [0.2, 0.25) is 0 Å². The van der Waals surface area contributed by atoms with E-state index in [9.17, 15) is 22.0 Å². The molecule has 1 aliphatic carbocycles. The van der Waals surface area contributed by atoms with Crippen molar-refractivity contribution in [3.05, 3.63) is 60.2 Å². The minimum Gasteiger partial charge on any atom is -0.354 e. The van der Waals surface area contributed by atoms with Crippen LogP contribution in [0.3, 0.4) is 0 Å². The fourth-order valence-electron chi connectivity index (χ4n) is 3.62. The number of amides is 1. The summed E-state index contributed by atoms with van der Waals surface area (Å²) >= 11 is 1.94. The number of carbonyl (C=O) groups excluding carboxylic acids is 1. The smallest absolute Gasteiger partial charge is 0.264 e. The minimum atomic E-state index is -4.15. The van der Waals surface area contributed by atoms with Crippen LogP contribution in [-0.2, 0) is 14.8 Å². The Kier molecular flexibility index (Phi) is 8.92. The van der Waals surface area contributed by atoms with Crippen molar-refractivity contribution in [2.45, 2.75) is 48.7 Å². The second kappa shape index (κ2) is 11.7. The predicted molar refractivity (Wildman–Crippen MR) is 124 cm³/mol. The first-order valence-electron chi connectivity index (χ1n) is 10.8. The zero-order valence-electron chi connectivity index (χ0n) is 17.8. The van der Waals surface area contributed by atoms with Crippen molar-refractivity contribution >= 4 is 33.4 Å². The maximum atomic E-state index is 13.4. The Morgan fingerprint density at radius 1 is 0.969 bits per heavy atom. The number of hydrogen-bond donors (Lipinski definition) is 1. The van der Waals surface area contributed by atoms with Crippen molar-refractivity contribution in [1.82, 2.24) is 5.32 Å². The number of thioether (sulfide) groups is 1. The largest absolute Gasteiger partial charge is 0.354 e. The molecule has 0 atom stereocenters. The van der Waals surface area contributed by atoms with Gasteiger partial charge in [-0.05, 0) is 73.5 Å². The van der Waals surface area contributed by atoms with Gasteiger partial charge in [0.05, 0.1) is 10.6 Å². The van der Waals surface area contributed by atoms with Crippen LogP contribution in [0.15, 0.2) is 53.4 Å². The van der Waals surface area contributed by atoms with Crippen LogP contribution in [0, 0.1) is 11.6 Å². The van der Waals surface area contributed by atoms with Gasteiger partial charge in [-0.3, -0.25) is 9.10 Å². The molecule has 1 N–H and O–H groups in total. The van der Waals surface area contributed by atoms with Crippen molar-refractivity contribution in [3.63, 3.8) is 0 Å². The van der Waals surface area contributed by atoms with E-state index in [1.807, 2.05) is 11.8 Å². The normalized spacial score (nSPS) is 14.8. The molecule has 0 bridgehead atoms. The zero-order chi connectivity index (χ0) is 23.0. The average Bonchev–Trinajstić information content (AvgIpc) is 2.79. The van der Waals surface area contributed by atoms with Gasteiger partial charge in [0, 0.05) is 11.8 Å². The highest BCUT2D eigenvalue weighted by Gasteiger charge is 2.27. The highest BCUT2D eigenvalue weighted by molar-refractivity contribution is 7.99. The van der Waals surface area contributed by atoms with Crippen LogP contribution in [0.4, 0.5) is 14.5 Å². The summed E-state index contributed by atoms with van der Waals surface area (Å²) in [5.74, 6) is -0.600. The first-order chi connectivity index (χ1) is 15.4. The summed E-state index contributed by atoms with van der Waals surface area (Å²) in [5.41, 5.74) is 0.152. The highest BCUT2D eigenvalue weighted by Crippen LogP contribution is 2.28. The lowest BCUT2D eigenvalue weighted by Gasteiger charge is -2.24. The Labute approximate surface area is 192 Å². The van der Waals surface area contributed by atoms with Gasteiger partial charge in [0.2, 0.25) is 5.91 Å². The molecule has 1 saturated carbocycles. The van der Waals surface area contributed by atoms with Crippen molar-refractivity contribution in [2.24, 2.45) is 0 Å². The van der Waals surface area contributed by atoms with Crippen LogP contribution in [0.1, 0.15) is 38.5 Å². The summed E-state index contributed by atoms with van der Waals surface area (Å²) in [5, 5.41) is 3.48. The topological polar surface area (TPSA) is 66.5 Å². The van der Waals surface area contributed by atoms with Crippen LogP contribution in [0.25, 0.3) is 0 Å². The Morgan fingerprint density at radius 3 is 2.19 bits per heavy atom. The molecule has 0 aromatic heterocycles. The summed E-state index contributed by atoms with van der Waals surface area (Å²) in [7, 11) is -4.15. The van der Waals surface area contributed by atoms with Gasteiger partial charge in [0.15, 0.2) is 0 Å². The molecule has 174 valence electrons. The summed E-state index contributed by atoms with van der Waals surface area (Å²) in [6, 6.07) is 9.21. The molecule has 0 spiro atoms. The maximum absolute atomic E-state index is 13.4. The average molecular weight is 483 g/mol. The van der Waals surface area contributed by atoms with E-state index in [2.05, 4.69) is 5.32 Å². The number of benzene rings is 2. The molecule has 0 radical (unpaired) electrons. The molecule has 2 aromatic carbocycles. The summed E-state index contributed by atoms with van der Waals surface area (Å²) < 4.78 is 53.8. The van der Waals surface area contributed by atoms with Crippen LogP contribution < -0.4 is 9.62 Å². The van der Waals surface area contributed by atoms with E-state index in [0.29, 0.717) is 11.8 Å². The lowest BCUT2D eigenvalue weighted by molar-refractivity contribution is -0.119. The first kappa shape index (κ1) is 24.5. The number of nitrogens with zero attached hydrogens (tertiary/aromatic N) is 1. The summed E-state index contributed by atoms with van der Waals surface area (Å²) in [6.45, 7) is -0.00643. The van der Waals surface area contributed by atoms with E-state index < -0.39 is 34.1 Å². The van der Waals surface area contributed by atoms with Gasteiger partial charge >= 0.3 is 0 Å². The number of nitrogens with one attached hydrogen (secondary N) is 1. The summed E-state index contributed by atoms with van der Waals surface area (Å²) in [6.07, 6.45) is 7.20. The van der Waals surface area contributed by atoms with Gasteiger partial charge in [-0.1, -0.05) is 19.3 Å². The molecule has 3 rings (SSSR count). The SMILES string of the molecule is O=C(CN(c1ccc(F)cc1)S(=O)(=O)c1ccc(F)cc1)NCCCSC1CCCCC1. The fourth-order valence-corrected chi connectivity index (χ4v) is 6.36. The number of rotatable bonds is 10. The van der Waals surface area contributed by atoms with Gasteiger partial charge in [-0.2, -0.15) is 11.8 Å². The van der Waals surface area contributed by atoms with E-state index in [1.54, 1.807) is 0 Å². The second-order valence-electron chi connectivity index (χ2n) is 7.78. The van der Waals surface area contributed by atoms with Crippen LogP contribution >= 0.6 is 11.8 Å². The molecule has 9 heteroatoms. The van der Waals surface area contributed by atoms with Gasteiger partial charge in [0.25, 0.3) is 10.0 Å². The Hall–Kier alpha value is -2.13. The first-order valence-corrected chi connectivity index (χ1v) is 13.3. The monoisotopic (exact) mass is 482 g/mol. The molecule has 0 heterocycles. The third kappa shape index (κ3) is 6.93. The summed E-state index contributed by atoms with van der Waals surface area (Å²) in [4.78, 5) is 12.4. The second-order valence-corrected chi connectivity index (χ2v) is 11.0. The van der Waals surface area contributed by atoms with Crippen LogP contribution in [-0.4, -0.2) is 38.4 Å². The predicted octanol–water partition coefficient (Wildman–Crippen LogP) is 4.73. The molecule has 0 unspecified atom stereocenters. The Morgan fingerprint density at radius 2 is 1.56 bits per heavy atom. The van der Waals surface area contributed by atoms with E-state index >= 15 is 0 Å². The molecule has 0 aliphatic heterocycles. The fraction of sp³-hybridized carbons (Fsp3) is 0.435. The van der Waals surface area contributed by atoms with E-state index in [-0.39, 0.29) is 10.6 Å². The van der Waals surface area contributed by atoms with E-state index in [0.717, 1.165) is 52.9 Å². The molecule has 32 heavy (non-hydrogen) atoms. The lowest BCUT2D eigenvalue weighted by atomic mass is 10.0. The minimum absolute atomic E-state index is 0.152. The van der Waals surface area contributed by atoms with Gasteiger partial charge < -0.3 is 5.32 Å². The molecule has 2 aromatic rings. The maximum Gasteiger partial charge on any atom is 0.264 e. The van der Waals surface area contributed by atoms with Crippen molar-refractivity contribution in [2.75, 3.05) is 23.1 Å². The van der Waals surface area contributed by atoms with Gasteiger partial charge in [0.1, 0.15) is 18.2 Å². The van der Waals surface area contributed by atoms with E-state index in [4.69, 9.17) is 0 Å². The third-order valence-electron chi connectivity index (χ3n) is 5.35. The molecule has 1 fully saturated rings. The zero-order valence-corrected chi connectivity index (χ0v) is 19.4. The molecule has 5 nitrogen and oxygen atoms in total. The molecular weight excluding hydrogens is 454 g/mol. The van der Waals surface area contributed by atoms with Crippen LogP contribution in [0.5, 0.6) is 0 Å². The number of halogens is 2. The van der Waals surface area contributed by atoms with Crippen molar-refractivity contribution in [1.29, 1.82) is 0 Å². The van der Waals surface area contributed by atoms with Crippen molar-refractivity contribution in [3.8, 4) is 0 Å². The number of anilines is 1. The Balaban J connectivity index is 1.61. The molecule has 1 amide bonds. The quantitative estimate of drug-likeness (QED) is 0.497. The molecule has 0 saturated heterocycles. The standard InChI is InChI=1S/C23H28F2N2O3S2/c24-18-7-11-20(12-8-18)27(32(29,30)22-13-9-19(25)10-14-22)17-23(28)26-15-4-16-31-21-5-2-1-3-6-21/h7-14,21H,1-6,15-17H2,(H,26,28). The third-order valence-corrected chi connectivity index (χ3v) is 8.61. The molecular formula is C23H28F2N2O3S2. The highest BCUT2D eigenvalue weighted by atomic mass is 32.2.